The van der Waals surface area contributed by atoms with E-state index in [2.05, 4.69) is 15.9 Å². The standard InChI is InChI=1S/C8H5BrF2O3/c9-3-1-2-4(10)6(11)5(3)7(12)8(13)14/h1-2,7,12H,(H,13,14)/t7-/m1/s1. The number of aliphatic carboxylic acids is 1. The molecule has 2 N–H and O–H groups in total. The fourth-order valence-electron chi connectivity index (χ4n) is 0.917. The Morgan fingerprint density at radius 3 is 2.50 bits per heavy atom. The normalized spacial score (nSPS) is 12.6. The zero-order valence-corrected chi connectivity index (χ0v) is 8.25. The first kappa shape index (κ1) is 11.1. The molecule has 0 aromatic heterocycles. The van der Waals surface area contributed by atoms with Crippen LogP contribution in [-0.2, 0) is 4.79 Å². The molecule has 14 heavy (non-hydrogen) atoms. The molecule has 0 aliphatic rings. The first-order valence-corrected chi connectivity index (χ1v) is 4.28. The van der Waals surface area contributed by atoms with Crippen LogP contribution in [0.3, 0.4) is 0 Å². The lowest BCUT2D eigenvalue weighted by Crippen LogP contribution is -2.13. The van der Waals surface area contributed by atoms with Crippen LogP contribution >= 0.6 is 15.9 Å². The molecule has 1 aromatic carbocycles. The number of aliphatic hydroxyl groups excluding tert-OH is 1. The molecule has 0 saturated heterocycles. The Morgan fingerprint density at radius 1 is 1.43 bits per heavy atom. The second-order valence-corrected chi connectivity index (χ2v) is 3.35. The van der Waals surface area contributed by atoms with Crippen LogP contribution in [0.1, 0.15) is 11.7 Å². The van der Waals surface area contributed by atoms with Crippen molar-refractivity contribution in [1.82, 2.24) is 0 Å². The third-order valence-corrected chi connectivity index (χ3v) is 2.28. The van der Waals surface area contributed by atoms with Crippen molar-refractivity contribution in [2.24, 2.45) is 0 Å². The van der Waals surface area contributed by atoms with E-state index in [0.717, 1.165) is 12.1 Å². The Bertz CT molecular complexity index is 381. The number of rotatable bonds is 2. The van der Waals surface area contributed by atoms with Crippen molar-refractivity contribution in [3.63, 3.8) is 0 Å². The highest BCUT2D eigenvalue weighted by Gasteiger charge is 2.24. The van der Waals surface area contributed by atoms with Crippen LogP contribution in [0, 0.1) is 11.6 Å². The first-order chi connectivity index (χ1) is 6.45. The van der Waals surface area contributed by atoms with Crippen molar-refractivity contribution < 1.29 is 23.8 Å². The third-order valence-electron chi connectivity index (χ3n) is 1.59. The van der Waals surface area contributed by atoms with Crippen LogP contribution < -0.4 is 0 Å². The largest absolute Gasteiger partial charge is 0.479 e. The minimum atomic E-state index is -2.08. The summed E-state index contributed by atoms with van der Waals surface area (Å²) < 4.78 is 25.7. The molecule has 76 valence electrons. The van der Waals surface area contributed by atoms with Gasteiger partial charge >= 0.3 is 5.97 Å². The molecule has 1 atom stereocenters. The molecule has 0 unspecified atom stereocenters. The van der Waals surface area contributed by atoms with Gasteiger partial charge in [0.1, 0.15) is 0 Å². The van der Waals surface area contributed by atoms with Gasteiger partial charge in [0.25, 0.3) is 0 Å². The average molecular weight is 267 g/mol. The monoisotopic (exact) mass is 266 g/mol. The second-order valence-electron chi connectivity index (χ2n) is 2.50. The van der Waals surface area contributed by atoms with Crippen molar-refractivity contribution in [1.29, 1.82) is 0 Å². The van der Waals surface area contributed by atoms with E-state index in [0.29, 0.717) is 0 Å². The number of hydrogen-bond acceptors (Lipinski definition) is 2. The van der Waals surface area contributed by atoms with Crippen molar-refractivity contribution in [2.75, 3.05) is 0 Å². The number of hydrogen-bond donors (Lipinski definition) is 2. The highest BCUT2D eigenvalue weighted by atomic mass is 79.9. The Labute approximate surface area is 86.1 Å². The summed E-state index contributed by atoms with van der Waals surface area (Å²) in [5.41, 5.74) is -0.613. The molecule has 3 nitrogen and oxygen atoms in total. The van der Waals surface area contributed by atoms with E-state index in [-0.39, 0.29) is 4.47 Å². The summed E-state index contributed by atoms with van der Waals surface area (Å²) in [6.45, 7) is 0. The highest BCUT2D eigenvalue weighted by molar-refractivity contribution is 9.10. The van der Waals surface area contributed by atoms with E-state index < -0.39 is 29.3 Å². The van der Waals surface area contributed by atoms with Gasteiger partial charge in [0.2, 0.25) is 0 Å². The molecule has 0 spiro atoms. The lowest BCUT2D eigenvalue weighted by molar-refractivity contribution is -0.147. The molecule has 0 bridgehead atoms. The van der Waals surface area contributed by atoms with Gasteiger partial charge in [0.05, 0.1) is 0 Å². The number of carboxylic acids is 1. The van der Waals surface area contributed by atoms with Gasteiger partial charge in [-0.15, -0.1) is 0 Å². The van der Waals surface area contributed by atoms with Crippen LogP contribution in [0.2, 0.25) is 0 Å². The summed E-state index contributed by atoms with van der Waals surface area (Å²) in [5.74, 6) is -4.21. The molecule has 1 aromatic rings. The van der Waals surface area contributed by atoms with Gasteiger partial charge in [-0.25, -0.2) is 13.6 Å². The summed E-state index contributed by atoms with van der Waals surface area (Å²) in [5, 5.41) is 17.5. The van der Waals surface area contributed by atoms with Gasteiger partial charge < -0.3 is 10.2 Å². The molecule has 1 rings (SSSR count). The van der Waals surface area contributed by atoms with Crippen molar-refractivity contribution >= 4 is 21.9 Å². The van der Waals surface area contributed by atoms with Gasteiger partial charge in [0.15, 0.2) is 17.7 Å². The predicted octanol–water partition coefficient (Wildman–Crippen LogP) is 1.85. The quantitative estimate of drug-likeness (QED) is 0.804. The summed E-state index contributed by atoms with van der Waals surface area (Å²) in [6.07, 6.45) is -2.08. The minimum Gasteiger partial charge on any atom is -0.479 e. The molecule has 6 heteroatoms. The Morgan fingerprint density at radius 2 is 2.00 bits per heavy atom. The summed E-state index contributed by atoms with van der Waals surface area (Å²) in [4.78, 5) is 10.4. The molecule has 0 heterocycles. The van der Waals surface area contributed by atoms with Gasteiger partial charge in [-0.3, -0.25) is 0 Å². The van der Waals surface area contributed by atoms with E-state index in [9.17, 15) is 13.6 Å². The Kier molecular flexibility index (Phi) is 3.17. The number of carboxylic acid groups (broad SMARTS) is 1. The first-order valence-electron chi connectivity index (χ1n) is 3.49. The number of aliphatic hydroxyl groups is 1. The topological polar surface area (TPSA) is 57.5 Å². The van der Waals surface area contributed by atoms with E-state index in [1.165, 1.54) is 0 Å². The van der Waals surface area contributed by atoms with Crippen molar-refractivity contribution in [3.05, 3.63) is 33.8 Å². The van der Waals surface area contributed by atoms with E-state index in [1.807, 2.05) is 0 Å². The molecular weight excluding hydrogens is 262 g/mol. The summed E-state index contributed by atoms with van der Waals surface area (Å²) in [6, 6.07) is 1.96. The number of halogens is 3. The lowest BCUT2D eigenvalue weighted by Gasteiger charge is -2.09. The zero-order chi connectivity index (χ0) is 10.9. The maximum atomic E-state index is 13.0. The van der Waals surface area contributed by atoms with Gasteiger partial charge in [-0.05, 0) is 12.1 Å². The SMILES string of the molecule is O=C(O)[C@H](O)c1c(Br)ccc(F)c1F. The molecule has 0 amide bonds. The summed E-state index contributed by atoms with van der Waals surface area (Å²) in [7, 11) is 0. The Hall–Kier alpha value is -1.01. The summed E-state index contributed by atoms with van der Waals surface area (Å²) >= 11 is 2.82. The van der Waals surface area contributed by atoms with E-state index in [1.54, 1.807) is 0 Å². The van der Waals surface area contributed by atoms with Gasteiger partial charge in [0, 0.05) is 10.0 Å². The maximum absolute atomic E-state index is 13.0. The molecule has 0 fully saturated rings. The molecule has 0 radical (unpaired) electrons. The zero-order valence-electron chi connectivity index (χ0n) is 6.67. The predicted molar refractivity (Wildman–Crippen MR) is 46.7 cm³/mol. The van der Waals surface area contributed by atoms with Gasteiger partial charge in [-0.1, -0.05) is 15.9 Å². The third kappa shape index (κ3) is 1.91. The van der Waals surface area contributed by atoms with E-state index in [4.69, 9.17) is 10.2 Å². The smallest absolute Gasteiger partial charge is 0.337 e. The fraction of sp³-hybridized carbons (Fsp3) is 0.125. The molecule has 0 saturated carbocycles. The number of carbonyl (C=O) groups is 1. The van der Waals surface area contributed by atoms with Crippen LogP contribution in [0.15, 0.2) is 16.6 Å². The van der Waals surface area contributed by atoms with Gasteiger partial charge in [-0.2, -0.15) is 0 Å². The Balaban J connectivity index is 3.32. The maximum Gasteiger partial charge on any atom is 0.337 e. The second kappa shape index (κ2) is 4.02. The van der Waals surface area contributed by atoms with E-state index >= 15 is 0 Å². The van der Waals surface area contributed by atoms with Crippen LogP contribution in [0.4, 0.5) is 8.78 Å². The minimum absolute atomic E-state index is 0.00583. The molecule has 0 aliphatic carbocycles. The highest BCUT2D eigenvalue weighted by Crippen LogP contribution is 2.27. The van der Waals surface area contributed by atoms with Crippen molar-refractivity contribution in [3.8, 4) is 0 Å². The van der Waals surface area contributed by atoms with Crippen LogP contribution in [-0.4, -0.2) is 16.2 Å². The number of benzene rings is 1. The lowest BCUT2D eigenvalue weighted by atomic mass is 10.1. The van der Waals surface area contributed by atoms with Crippen LogP contribution in [0.5, 0.6) is 0 Å². The van der Waals surface area contributed by atoms with Crippen LogP contribution in [0.25, 0.3) is 0 Å². The van der Waals surface area contributed by atoms with Crippen molar-refractivity contribution in [2.45, 2.75) is 6.10 Å². The molecule has 0 aliphatic heterocycles. The molecular formula is C8H5BrF2O3. The fourth-order valence-corrected chi connectivity index (χ4v) is 1.44. The average Bonchev–Trinajstić information content (AvgIpc) is 2.12.